The van der Waals surface area contributed by atoms with Gasteiger partial charge in [-0.15, -0.1) is 0 Å². The lowest BCUT2D eigenvalue weighted by molar-refractivity contribution is 0.0783. The fourth-order valence-electron chi connectivity index (χ4n) is 4.16. The minimum atomic E-state index is -0.490. The van der Waals surface area contributed by atoms with E-state index in [1.807, 2.05) is 54.6 Å². The van der Waals surface area contributed by atoms with E-state index in [9.17, 15) is 9.90 Å². The number of nitrogens with one attached hydrogen (secondary N) is 1. The van der Waals surface area contributed by atoms with Crippen molar-refractivity contribution in [2.45, 2.75) is 44.0 Å². The number of benzene rings is 2. The highest BCUT2D eigenvalue weighted by atomic mass is 16.3. The van der Waals surface area contributed by atoms with E-state index < -0.39 is 6.10 Å². The molecule has 4 rings (SSSR count). The van der Waals surface area contributed by atoms with Crippen LogP contribution in [0.4, 0.5) is 0 Å². The third-order valence-corrected chi connectivity index (χ3v) is 5.84. The number of carbonyl (C=O) groups is 1. The van der Waals surface area contributed by atoms with Crippen LogP contribution in [0.5, 0.6) is 0 Å². The molecule has 1 aliphatic rings. The van der Waals surface area contributed by atoms with Crippen LogP contribution in [0, 0.1) is 0 Å². The molecule has 3 aromatic rings. The van der Waals surface area contributed by atoms with E-state index in [-0.39, 0.29) is 11.9 Å². The van der Waals surface area contributed by atoms with Crippen LogP contribution in [-0.4, -0.2) is 45.0 Å². The summed E-state index contributed by atoms with van der Waals surface area (Å²) in [5.41, 5.74) is 3.55. The molecule has 1 saturated heterocycles. The SMILES string of the molecule is CN(Cc1cnccn1)C(=O)c1ccc(CC2CCC(C(O)c3ccccc3)N2)cc1. The molecule has 0 spiro atoms. The highest BCUT2D eigenvalue weighted by Crippen LogP contribution is 2.26. The van der Waals surface area contributed by atoms with E-state index >= 15 is 0 Å². The third kappa shape index (κ3) is 5.34. The van der Waals surface area contributed by atoms with Crippen molar-refractivity contribution in [3.8, 4) is 0 Å². The predicted molar refractivity (Wildman–Crippen MR) is 119 cm³/mol. The lowest BCUT2D eigenvalue weighted by atomic mass is 10.0. The predicted octanol–water partition coefficient (Wildman–Crippen LogP) is 3.15. The summed E-state index contributed by atoms with van der Waals surface area (Å²) < 4.78 is 0. The van der Waals surface area contributed by atoms with Crippen molar-refractivity contribution in [2.75, 3.05) is 7.05 Å². The summed E-state index contributed by atoms with van der Waals surface area (Å²) in [6.07, 6.45) is 7.28. The first-order valence-corrected chi connectivity index (χ1v) is 10.7. The van der Waals surface area contributed by atoms with E-state index in [1.165, 1.54) is 5.56 Å². The van der Waals surface area contributed by atoms with Crippen LogP contribution in [0.15, 0.2) is 73.2 Å². The van der Waals surface area contributed by atoms with Crippen molar-refractivity contribution < 1.29 is 9.90 Å². The molecule has 1 aromatic heterocycles. The molecule has 0 radical (unpaired) electrons. The first-order chi connectivity index (χ1) is 15.1. The molecule has 1 amide bonds. The third-order valence-electron chi connectivity index (χ3n) is 5.84. The number of carbonyl (C=O) groups excluding carboxylic acids is 1. The van der Waals surface area contributed by atoms with Crippen LogP contribution in [0.1, 0.15) is 46.1 Å². The summed E-state index contributed by atoms with van der Waals surface area (Å²) in [6, 6.07) is 18.0. The molecular weight excluding hydrogens is 388 g/mol. The van der Waals surface area contributed by atoms with E-state index in [2.05, 4.69) is 15.3 Å². The van der Waals surface area contributed by atoms with Crippen LogP contribution >= 0.6 is 0 Å². The van der Waals surface area contributed by atoms with Gasteiger partial charge in [0.05, 0.1) is 24.5 Å². The van der Waals surface area contributed by atoms with Gasteiger partial charge in [-0.1, -0.05) is 42.5 Å². The van der Waals surface area contributed by atoms with Gasteiger partial charge in [-0.3, -0.25) is 14.8 Å². The highest BCUT2D eigenvalue weighted by molar-refractivity contribution is 5.94. The maximum atomic E-state index is 12.7. The molecular formula is C25H28N4O2. The number of amides is 1. The Kier molecular flexibility index (Phi) is 6.70. The standard InChI is InChI=1S/C25H28N4O2/c1-29(17-22-16-26-13-14-27-22)25(31)20-9-7-18(8-10-20)15-21-11-12-23(28-21)24(30)19-5-3-2-4-6-19/h2-10,13-14,16,21,23-24,28,30H,11-12,15,17H2,1H3. The molecule has 6 nitrogen and oxygen atoms in total. The second-order valence-electron chi connectivity index (χ2n) is 8.16. The molecule has 2 aromatic carbocycles. The summed E-state index contributed by atoms with van der Waals surface area (Å²) in [7, 11) is 1.77. The average molecular weight is 417 g/mol. The zero-order chi connectivity index (χ0) is 21.6. The van der Waals surface area contributed by atoms with Gasteiger partial charge >= 0.3 is 0 Å². The van der Waals surface area contributed by atoms with Gasteiger partial charge in [-0.05, 0) is 42.5 Å². The first-order valence-electron chi connectivity index (χ1n) is 10.7. The van der Waals surface area contributed by atoms with Crippen LogP contribution in [-0.2, 0) is 13.0 Å². The van der Waals surface area contributed by atoms with E-state index in [0.29, 0.717) is 18.2 Å². The van der Waals surface area contributed by atoms with Crippen LogP contribution in [0.25, 0.3) is 0 Å². The van der Waals surface area contributed by atoms with Crippen molar-refractivity contribution in [3.63, 3.8) is 0 Å². The smallest absolute Gasteiger partial charge is 0.253 e. The van der Waals surface area contributed by atoms with Gasteiger partial charge in [0.1, 0.15) is 0 Å². The topological polar surface area (TPSA) is 78.4 Å². The Hall–Kier alpha value is -3.09. The number of aromatic nitrogens is 2. The first kappa shape index (κ1) is 21.2. The van der Waals surface area contributed by atoms with Gasteiger partial charge < -0.3 is 15.3 Å². The summed E-state index contributed by atoms with van der Waals surface area (Å²) in [5.74, 6) is -0.0396. The largest absolute Gasteiger partial charge is 0.387 e. The monoisotopic (exact) mass is 416 g/mol. The quantitative estimate of drug-likeness (QED) is 0.619. The molecule has 0 aliphatic carbocycles. The molecule has 3 unspecified atom stereocenters. The summed E-state index contributed by atoms with van der Waals surface area (Å²) in [5, 5.41) is 14.2. The summed E-state index contributed by atoms with van der Waals surface area (Å²) >= 11 is 0. The normalized spacial score (nSPS) is 19.2. The number of nitrogens with zero attached hydrogens (tertiary/aromatic N) is 3. The molecule has 1 fully saturated rings. The second kappa shape index (κ2) is 9.81. The van der Waals surface area contributed by atoms with Crippen LogP contribution < -0.4 is 5.32 Å². The lowest BCUT2D eigenvalue weighted by Gasteiger charge is -2.20. The Bertz CT molecular complexity index is 979. The molecule has 1 aliphatic heterocycles. The zero-order valence-corrected chi connectivity index (χ0v) is 17.7. The van der Waals surface area contributed by atoms with E-state index in [1.54, 1.807) is 30.5 Å². The number of hydrogen-bond donors (Lipinski definition) is 2. The Labute approximate surface area is 183 Å². The minimum Gasteiger partial charge on any atom is -0.387 e. The molecule has 2 heterocycles. The average Bonchev–Trinajstić information content (AvgIpc) is 3.28. The fraction of sp³-hybridized carbons (Fsp3) is 0.320. The number of aliphatic hydroxyl groups excluding tert-OH is 1. The zero-order valence-electron chi connectivity index (χ0n) is 17.7. The maximum Gasteiger partial charge on any atom is 0.253 e. The van der Waals surface area contributed by atoms with E-state index in [0.717, 1.165) is 30.5 Å². The Morgan fingerprint density at radius 1 is 1.13 bits per heavy atom. The van der Waals surface area contributed by atoms with Crippen LogP contribution in [0.3, 0.4) is 0 Å². The van der Waals surface area contributed by atoms with Crippen molar-refractivity contribution >= 4 is 5.91 Å². The van der Waals surface area contributed by atoms with E-state index in [4.69, 9.17) is 0 Å². The fourth-order valence-corrected chi connectivity index (χ4v) is 4.16. The van der Waals surface area contributed by atoms with Gasteiger partial charge in [0.15, 0.2) is 0 Å². The molecule has 2 N–H and O–H groups in total. The lowest BCUT2D eigenvalue weighted by Crippen LogP contribution is -2.35. The number of aliphatic hydroxyl groups is 1. The van der Waals surface area contributed by atoms with Gasteiger partial charge in [-0.25, -0.2) is 0 Å². The molecule has 0 bridgehead atoms. The summed E-state index contributed by atoms with van der Waals surface area (Å²) in [4.78, 5) is 22.6. The van der Waals surface area contributed by atoms with Crippen molar-refractivity contribution in [2.24, 2.45) is 0 Å². The van der Waals surface area contributed by atoms with Gasteiger partial charge in [0.25, 0.3) is 5.91 Å². The van der Waals surface area contributed by atoms with Crippen LogP contribution in [0.2, 0.25) is 0 Å². The molecule has 6 heteroatoms. The Morgan fingerprint density at radius 2 is 1.90 bits per heavy atom. The molecule has 31 heavy (non-hydrogen) atoms. The molecule has 3 atom stereocenters. The number of hydrogen-bond acceptors (Lipinski definition) is 5. The molecule has 160 valence electrons. The van der Waals surface area contributed by atoms with Crippen molar-refractivity contribution in [1.29, 1.82) is 0 Å². The van der Waals surface area contributed by atoms with Gasteiger partial charge in [-0.2, -0.15) is 0 Å². The minimum absolute atomic E-state index is 0.0396. The maximum absolute atomic E-state index is 12.7. The van der Waals surface area contributed by atoms with Crippen molar-refractivity contribution in [1.82, 2.24) is 20.2 Å². The van der Waals surface area contributed by atoms with Crippen molar-refractivity contribution in [3.05, 3.63) is 95.6 Å². The Morgan fingerprint density at radius 3 is 2.61 bits per heavy atom. The Balaban J connectivity index is 1.31. The molecule has 0 saturated carbocycles. The van der Waals surface area contributed by atoms with Gasteiger partial charge in [0.2, 0.25) is 0 Å². The number of rotatable bonds is 7. The highest BCUT2D eigenvalue weighted by Gasteiger charge is 2.29. The second-order valence-corrected chi connectivity index (χ2v) is 8.16. The van der Waals surface area contributed by atoms with Gasteiger partial charge in [0, 0.05) is 37.1 Å². The summed E-state index contributed by atoms with van der Waals surface area (Å²) in [6.45, 7) is 0.422.